The van der Waals surface area contributed by atoms with Crippen LogP contribution in [0.5, 0.6) is 5.75 Å². The number of nitrogens with zero attached hydrogens (tertiary/aromatic N) is 1. The van der Waals surface area contributed by atoms with Gasteiger partial charge in [-0.1, -0.05) is 22.9 Å². The van der Waals surface area contributed by atoms with Crippen molar-refractivity contribution in [1.29, 1.82) is 0 Å². The fourth-order valence-electron chi connectivity index (χ4n) is 2.41. The zero-order valence-electron chi connectivity index (χ0n) is 9.11. The Morgan fingerprint density at radius 2 is 2.27 bits per heavy atom. The number of pyridine rings is 1. The van der Waals surface area contributed by atoms with Crippen LogP contribution in [0.25, 0.3) is 0 Å². The van der Waals surface area contributed by atoms with Gasteiger partial charge in [-0.25, -0.2) is 0 Å². The molecule has 0 saturated heterocycles. The molecule has 0 spiro atoms. The van der Waals surface area contributed by atoms with Gasteiger partial charge >= 0.3 is 0 Å². The first-order valence-electron chi connectivity index (χ1n) is 5.36. The first-order valence-corrected chi connectivity index (χ1v) is 6.27. The molecule has 2 nitrogen and oxygen atoms in total. The molecule has 0 bridgehead atoms. The number of halogens is 1. The van der Waals surface area contributed by atoms with E-state index in [9.17, 15) is 0 Å². The highest BCUT2D eigenvalue weighted by molar-refractivity contribution is 9.09. The second kappa shape index (κ2) is 4.52. The molecule has 1 aromatic rings. The zero-order chi connectivity index (χ0) is 10.8. The normalized spacial score (nSPS) is 30.5. The average molecular weight is 270 g/mol. The second-order valence-electron chi connectivity index (χ2n) is 4.18. The number of ether oxygens (including phenoxy) is 1. The molecular weight excluding hydrogens is 254 g/mol. The average Bonchev–Trinajstić information content (AvgIpc) is 2.60. The van der Waals surface area contributed by atoms with Crippen LogP contribution in [-0.4, -0.2) is 16.9 Å². The maximum atomic E-state index is 5.39. The Morgan fingerprint density at radius 1 is 1.47 bits per heavy atom. The molecular formula is C12H16BrNO. The zero-order valence-corrected chi connectivity index (χ0v) is 10.7. The lowest BCUT2D eigenvalue weighted by Crippen LogP contribution is -2.10. The summed E-state index contributed by atoms with van der Waals surface area (Å²) < 4.78 is 5.39. The summed E-state index contributed by atoms with van der Waals surface area (Å²) in [6.45, 7) is 2.30. The van der Waals surface area contributed by atoms with E-state index in [4.69, 9.17) is 4.74 Å². The van der Waals surface area contributed by atoms with Crippen molar-refractivity contribution in [3.8, 4) is 5.75 Å². The Labute approximate surface area is 99.2 Å². The third-order valence-electron chi connectivity index (χ3n) is 3.39. The lowest BCUT2D eigenvalue weighted by molar-refractivity contribution is 0.398. The maximum Gasteiger partial charge on any atom is 0.125 e. The van der Waals surface area contributed by atoms with Crippen molar-refractivity contribution >= 4 is 15.9 Å². The van der Waals surface area contributed by atoms with Crippen LogP contribution in [0.4, 0.5) is 0 Å². The smallest absolute Gasteiger partial charge is 0.125 e. The van der Waals surface area contributed by atoms with Crippen molar-refractivity contribution in [3.05, 3.63) is 24.0 Å². The summed E-state index contributed by atoms with van der Waals surface area (Å²) in [5, 5.41) is 0. The van der Waals surface area contributed by atoms with Crippen molar-refractivity contribution in [2.24, 2.45) is 5.92 Å². The minimum absolute atomic E-state index is 0.582. The van der Waals surface area contributed by atoms with Gasteiger partial charge in [0.1, 0.15) is 5.75 Å². The Hall–Kier alpha value is -0.570. The van der Waals surface area contributed by atoms with E-state index in [1.807, 2.05) is 12.3 Å². The Bertz CT molecular complexity index is 342. The van der Waals surface area contributed by atoms with Crippen LogP contribution in [-0.2, 0) is 0 Å². The van der Waals surface area contributed by atoms with Crippen LogP contribution >= 0.6 is 15.9 Å². The highest BCUT2D eigenvalue weighted by Crippen LogP contribution is 2.45. The summed E-state index contributed by atoms with van der Waals surface area (Å²) in [6.07, 6.45) is 6.20. The van der Waals surface area contributed by atoms with Crippen molar-refractivity contribution in [2.45, 2.75) is 30.5 Å². The van der Waals surface area contributed by atoms with Crippen molar-refractivity contribution in [3.63, 3.8) is 0 Å². The van der Waals surface area contributed by atoms with Crippen LogP contribution in [0.15, 0.2) is 18.5 Å². The molecule has 3 atom stereocenters. The van der Waals surface area contributed by atoms with Crippen LogP contribution in [0.1, 0.15) is 31.2 Å². The van der Waals surface area contributed by atoms with Gasteiger partial charge in [0.2, 0.25) is 0 Å². The van der Waals surface area contributed by atoms with Gasteiger partial charge in [0.25, 0.3) is 0 Å². The van der Waals surface area contributed by atoms with Crippen LogP contribution in [0.2, 0.25) is 0 Å². The lowest BCUT2D eigenvalue weighted by Gasteiger charge is -2.19. The van der Waals surface area contributed by atoms with Gasteiger partial charge in [0.05, 0.1) is 7.11 Å². The molecule has 0 N–H and O–H groups in total. The standard InChI is InChI=1S/C12H16BrNO/c1-8-9(3-4-11(8)13)10-7-14-6-5-12(10)15-2/h5-9,11H,3-4H2,1-2H3. The largest absolute Gasteiger partial charge is 0.496 e. The predicted octanol–water partition coefficient (Wildman–Crippen LogP) is 3.37. The van der Waals surface area contributed by atoms with Gasteiger partial charge in [-0.3, -0.25) is 4.98 Å². The number of hydrogen-bond acceptors (Lipinski definition) is 2. The van der Waals surface area contributed by atoms with E-state index >= 15 is 0 Å². The molecule has 1 aliphatic carbocycles. The fourth-order valence-corrected chi connectivity index (χ4v) is 3.05. The summed E-state index contributed by atoms with van der Waals surface area (Å²) >= 11 is 3.73. The molecule has 0 aliphatic heterocycles. The molecule has 1 heterocycles. The first-order chi connectivity index (χ1) is 7.24. The van der Waals surface area contributed by atoms with E-state index in [-0.39, 0.29) is 0 Å². The second-order valence-corrected chi connectivity index (χ2v) is 5.35. The molecule has 0 amide bonds. The Morgan fingerprint density at radius 3 is 2.87 bits per heavy atom. The summed E-state index contributed by atoms with van der Waals surface area (Å²) in [7, 11) is 1.73. The van der Waals surface area contributed by atoms with E-state index in [0.717, 1.165) is 5.75 Å². The number of hydrogen-bond donors (Lipinski definition) is 0. The van der Waals surface area contributed by atoms with Crippen molar-refractivity contribution in [2.75, 3.05) is 7.11 Å². The van der Waals surface area contributed by atoms with Gasteiger partial charge < -0.3 is 4.74 Å². The SMILES string of the molecule is COc1ccncc1C1CCC(Br)C1C. The number of rotatable bonds is 2. The van der Waals surface area contributed by atoms with Gasteiger partial charge in [-0.2, -0.15) is 0 Å². The molecule has 2 rings (SSSR count). The van der Waals surface area contributed by atoms with Crippen LogP contribution in [0, 0.1) is 5.92 Å². The van der Waals surface area contributed by atoms with Crippen LogP contribution in [0.3, 0.4) is 0 Å². The molecule has 1 fully saturated rings. The van der Waals surface area contributed by atoms with Gasteiger partial charge in [0.15, 0.2) is 0 Å². The van der Waals surface area contributed by atoms with E-state index in [1.165, 1.54) is 18.4 Å². The molecule has 1 aliphatic rings. The van der Waals surface area contributed by atoms with Gasteiger partial charge in [-0.15, -0.1) is 0 Å². The summed E-state index contributed by atoms with van der Waals surface area (Å²) in [5.41, 5.74) is 1.26. The third-order valence-corrected chi connectivity index (χ3v) is 4.68. The molecule has 82 valence electrons. The summed E-state index contributed by atoms with van der Waals surface area (Å²) in [5.74, 6) is 2.21. The topological polar surface area (TPSA) is 22.1 Å². The fraction of sp³-hybridized carbons (Fsp3) is 0.583. The molecule has 1 saturated carbocycles. The predicted molar refractivity (Wildman–Crippen MR) is 64.6 cm³/mol. The molecule has 0 aromatic carbocycles. The molecule has 3 unspecified atom stereocenters. The minimum atomic E-state index is 0.582. The third kappa shape index (κ3) is 2.03. The first kappa shape index (κ1) is 10.9. The highest BCUT2D eigenvalue weighted by atomic mass is 79.9. The number of alkyl halides is 1. The quantitative estimate of drug-likeness (QED) is 0.769. The van der Waals surface area contributed by atoms with Crippen molar-refractivity contribution in [1.82, 2.24) is 4.98 Å². The van der Waals surface area contributed by atoms with E-state index < -0.39 is 0 Å². The Kier molecular flexibility index (Phi) is 3.29. The monoisotopic (exact) mass is 269 g/mol. The molecule has 15 heavy (non-hydrogen) atoms. The molecule has 1 aromatic heterocycles. The molecule has 0 radical (unpaired) electrons. The van der Waals surface area contributed by atoms with Gasteiger partial charge in [-0.05, 0) is 30.7 Å². The number of aromatic nitrogens is 1. The summed E-state index contributed by atoms with van der Waals surface area (Å²) in [6, 6.07) is 1.95. The van der Waals surface area contributed by atoms with Gasteiger partial charge in [0, 0.05) is 22.8 Å². The highest BCUT2D eigenvalue weighted by Gasteiger charge is 2.33. The number of methoxy groups -OCH3 is 1. The molecule has 3 heteroatoms. The maximum absolute atomic E-state index is 5.39. The Balaban J connectivity index is 2.29. The van der Waals surface area contributed by atoms with E-state index in [0.29, 0.717) is 16.7 Å². The lowest BCUT2D eigenvalue weighted by atomic mass is 9.91. The summed E-state index contributed by atoms with van der Waals surface area (Å²) in [4.78, 5) is 4.83. The minimum Gasteiger partial charge on any atom is -0.496 e. The van der Waals surface area contributed by atoms with Crippen LogP contribution < -0.4 is 4.74 Å². The van der Waals surface area contributed by atoms with E-state index in [1.54, 1.807) is 13.3 Å². The van der Waals surface area contributed by atoms with Crippen molar-refractivity contribution < 1.29 is 4.74 Å². The van der Waals surface area contributed by atoms with E-state index in [2.05, 4.69) is 27.8 Å².